The molecule has 0 aliphatic carbocycles. The summed E-state index contributed by atoms with van der Waals surface area (Å²) in [6.07, 6.45) is -0.897. The Kier molecular flexibility index (Phi) is 4.45. The van der Waals surface area contributed by atoms with E-state index in [9.17, 15) is 23.7 Å². The highest BCUT2D eigenvalue weighted by Crippen LogP contribution is 2.24. The van der Waals surface area contributed by atoms with Gasteiger partial charge in [-0.3, -0.25) is 10.1 Å². The third kappa shape index (κ3) is 3.25. The van der Waals surface area contributed by atoms with Crippen molar-refractivity contribution in [2.45, 2.75) is 13.0 Å². The molecule has 2 rings (SSSR count). The predicted molar refractivity (Wildman–Crippen MR) is 73.3 cm³/mol. The standard InChI is InChI=1S/C15H11F2NO4/c1-9(10-4-2-5-11(8-10)18(20)21)22-15(19)14-12(16)6-3-7-13(14)17/h2-9H,1H3. The van der Waals surface area contributed by atoms with Gasteiger partial charge in [-0.25, -0.2) is 13.6 Å². The molecule has 0 aliphatic rings. The van der Waals surface area contributed by atoms with Crippen LogP contribution in [0.15, 0.2) is 42.5 Å². The smallest absolute Gasteiger partial charge is 0.344 e. The number of carbonyl (C=O) groups excluding carboxylic acids is 1. The van der Waals surface area contributed by atoms with Crippen LogP contribution in [0.1, 0.15) is 28.9 Å². The second-order valence-corrected chi connectivity index (χ2v) is 4.50. The number of hydrogen-bond acceptors (Lipinski definition) is 4. The molecule has 0 heterocycles. The average Bonchev–Trinajstić information content (AvgIpc) is 2.47. The molecule has 5 nitrogen and oxygen atoms in total. The van der Waals surface area contributed by atoms with Crippen LogP contribution in [0.25, 0.3) is 0 Å². The minimum absolute atomic E-state index is 0.169. The topological polar surface area (TPSA) is 69.4 Å². The summed E-state index contributed by atoms with van der Waals surface area (Å²) in [4.78, 5) is 22.0. The summed E-state index contributed by atoms with van der Waals surface area (Å²) >= 11 is 0. The molecule has 22 heavy (non-hydrogen) atoms. The van der Waals surface area contributed by atoms with Crippen LogP contribution >= 0.6 is 0 Å². The van der Waals surface area contributed by atoms with Gasteiger partial charge in [-0.05, 0) is 24.6 Å². The number of nitrogens with zero attached hydrogens (tertiary/aromatic N) is 1. The highest BCUT2D eigenvalue weighted by Gasteiger charge is 2.22. The van der Waals surface area contributed by atoms with Crippen LogP contribution in [-0.4, -0.2) is 10.9 Å². The Labute approximate surface area is 124 Å². The summed E-state index contributed by atoms with van der Waals surface area (Å²) in [5.74, 6) is -3.23. The van der Waals surface area contributed by atoms with E-state index < -0.39 is 34.2 Å². The van der Waals surface area contributed by atoms with Gasteiger partial charge >= 0.3 is 5.97 Å². The lowest BCUT2D eigenvalue weighted by molar-refractivity contribution is -0.385. The number of halogens is 2. The van der Waals surface area contributed by atoms with Gasteiger partial charge in [0.05, 0.1) is 4.92 Å². The molecule has 0 aliphatic heterocycles. The quantitative estimate of drug-likeness (QED) is 0.489. The fourth-order valence-electron chi connectivity index (χ4n) is 1.87. The van der Waals surface area contributed by atoms with Gasteiger partial charge in [0.2, 0.25) is 0 Å². The van der Waals surface area contributed by atoms with Crippen molar-refractivity contribution in [2.75, 3.05) is 0 Å². The van der Waals surface area contributed by atoms with E-state index in [0.29, 0.717) is 5.56 Å². The van der Waals surface area contributed by atoms with E-state index in [1.54, 1.807) is 0 Å². The van der Waals surface area contributed by atoms with Crippen molar-refractivity contribution in [1.29, 1.82) is 0 Å². The van der Waals surface area contributed by atoms with Crippen molar-refractivity contribution in [3.05, 3.63) is 75.3 Å². The summed E-state index contributed by atoms with van der Waals surface area (Å²) in [5, 5.41) is 10.7. The second kappa shape index (κ2) is 6.30. The SMILES string of the molecule is CC(OC(=O)c1c(F)cccc1F)c1cccc([N+](=O)[O-])c1. The summed E-state index contributed by atoms with van der Waals surface area (Å²) < 4.78 is 32.0. The molecular formula is C15H11F2NO4. The highest BCUT2D eigenvalue weighted by atomic mass is 19.1. The van der Waals surface area contributed by atoms with Crippen LogP contribution in [0, 0.1) is 21.7 Å². The van der Waals surface area contributed by atoms with Crippen LogP contribution in [-0.2, 0) is 4.74 Å². The Morgan fingerprint density at radius 2 is 1.77 bits per heavy atom. The number of rotatable bonds is 4. The third-order valence-electron chi connectivity index (χ3n) is 3.00. The molecule has 1 unspecified atom stereocenters. The van der Waals surface area contributed by atoms with E-state index in [0.717, 1.165) is 18.2 Å². The first kappa shape index (κ1) is 15.6. The Morgan fingerprint density at radius 1 is 1.18 bits per heavy atom. The molecule has 1 atom stereocenters. The van der Waals surface area contributed by atoms with Crippen molar-refractivity contribution in [3.63, 3.8) is 0 Å². The molecule has 7 heteroatoms. The number of nitro benzene ring substituents is 1. The maximum Gasteiger partial charge on any atom is 0.344 e. The van der Waals surface area contributed by atoms with Crippen LogP contribution in [0.2, 0.25) is 0 Å². The number of ether oxygens (including phenoxy) is 1. The van der Waals surface area contributed by atoms with E-state index in [1.807, 2.05) is 0 Å². The Bertz CT molecular complexity index is 713. The van der Waals surface area contributed by atoms with Gasteiger partial charge in [-0.15, -0.1) is 0 Å². The van der Waals surface area contributed by atoms with Crippen molar-refractivity contribution >= 4 is 11.7 Å². The van der Waals surface area contributed by atoms with Gasteiger partial charge in [0.15, 0.2) is 0 Å². The minimum Gasteiger partial charge on any atom is -0.454 e. The predicted octanol–water partition coefficient (Wildman–Crippen LogP) is 3.79. The number of nitro groups is 1. The average molecular weight is 307 g/mol. The maximum atomic E-state index is 13.5. The second-order valence-electron chi connectivity index (χ2n) is 4.50. The van der Waals surface area contributed by atoms with E-state index in [1.165, 1.54) is 31.2 Å². The fraction of sp³-hybridized carbons (Fsp3) is 0.133. The molecule has 0 bridgehead atoms. The monoisotopic (exact) mass is 307 g/mol. The van der Waals surface area contributed by atoms with Gasteiger partial charge in [-0.2, -0.15) is 0 Å². The number of benzene rings is 2. The van der Waals surface area contributed by atoms with Crippen LogP contribution in [0.4, 0.5) is 14.5 Å². The first-order valence-electron chi connectivity index (χ1n) is 6.29. The molecule has 0 amide bonds. The lowest BCUT2D eigenvalue weighted by atomic mass is 10.1. The summed E-state index contributed by atoms with van der Waals surface area (Å²) in [5.41, 5.74) is -0.614. The van der Waals surface area contributed by atoms with Crippen molar-refractivity contribution in [3.8, 4) is 0 Å². The number of esters is 1. The van der Waals surface area contributed by atoms with Crippen LogP contribution < -0.4 is 0 Å². The van der Waals surface area contributed by atoms with Crippen molar-refractivity contribution in [2.24, 2.45) is 0 Å². The minimum atomic E-state index is -1.17. The molecule has 2 aromatic carbocycles. The van der Waals surface area contributed by atoms with E-state index in [4.69, 9.17) is 4.74 Å². The Hall–Kier alpha value is -2.83. The van der Waals surface area contributed by atoms with Gasteiger partial charge in [0.1, 0.15) is 23.3 Å². The molecule has 0 radical (unpaired) electrons. The van der Waals surface area contributed by atoms with E-state index in [-0.39, 0.29) is 5.69 Å². The molecule has 0 N–H and O–H groups in total. The van der Waals surface area contributed by atoms with Crippen molar-refractivity contribution < 1.29 is 23.2 Å². The van der Waals surface area contributed by atoms with Crippen molar-refractivity contribution in [1.82, 2.24) is 0 Å². The zero-order chi connectivity index (χ0) is 16.3. The fourth-order valence-corrected chi connectivity index (χ4v) is 1.87. The maximum absolute atomic E-state index is 13.5. The molecule has 2 aromatic rings. The molecule has 0 saturated carbocycles. The Balaban J connectivity index is 2.21. The first-order valence-corrected chi connectivity index (χ1v) is 6.29. The number of non-ortho nitro benzene ring substituents is 1. The lowest BCUT2D eigenvalue weighted by Crippen LogP contribution is -2.13. The molecule has 0 aromatic heterocycles. The van der Waals surface area contributed by atoms with Gasteiger partial charge in [0.25, 0.3) is 5.69 Å². The zero-order valence-electron chi connectivity index (χ0n) is 11.5. The third-order valence-corrected chi connectivity index (χ3v) is 3.00. The summed E-state index contributed by atoms with van der Waals surface area (Å²) in [7, 11) is 0. The van der Waals surface area contributed by atoms with Gasteiger partial charge < -0.3 is 4.74 Å². The largest absolute Gasteiger partial charge is 0.454 e. The molecular weight excluding hydrogens is 296 g/mol. The Morgan fingerprint density at radius 3 is 2.36 bits per heavy atom. The van der Waals surface area contributed by atoms with Crippen LogP contribution in [0.5, 0.6) is 0 Å². The molecule has 114 valence electrons. The van der Waals surface area contributed by atoms with E-state index in [2.05, 4.69) is 0 Å². The van der Waals surface area contributed by atoms with Gasteiger partial charge in [0, 0.05) is 12.1 Å². The highest BCUT2D eigenvalue weighted by molar-refractivity contribution is 5.90. The number of hydrogen-bond donors (Lipinski definition) is 0. The molecule has 0 saturated heterocycles. The normalized spacial score (nSPS) is 11.8. The summed E-state index contributed by atoms with van der Waals surface area (Å²) in [6, 6.07) is 8.48. The first-order chi connectivity index (χ1) is 10.4. The van der Waals surface area contributed by atoms with Crippen LogP contribution in [0.3, 0.4) is 0 Å². The zero-order valence-corrected chi connectivity index (χ0v) is 11.5. The molecule has 0 fully saturated rings. The van der Waals surface area contributed by atoms with E-state index >= 15 is 0 Å². The lowest BCUT2D eigenvalue weighted by Gasteiger charge is -2.14. The summed E-state index contributed by atoms with van der Waals surface area (Å²) in [6.45, 7) is 1.45. The van der Waals surface area contributed by atoms with Gasteiger partial charge in [-0.1, -0.05) is 18.2 Å². The number of carbonyl (C=O) groups is 1. The molecule has 0 spiro atoms.